The smallest absolute Gasteiger partial charge is 0.278 e. The predicted molar refractivity (Wildman–Crippen MR) is 109 cm³/mol. The monoisotopic (exact) mass is 433 g/mol. The van der Waals surface area contributed by atoms with Crippen LogP contribution < -0.4 is 10.1 Å². The zero-order valence-electron chi connectivity index (χ0n) is 18.1. The number of hydrogen-bond donors (Lipinski definition) is 1. The summed E-state index contributed by atoms with van der Waals surface area (Å²) in [7, 11) is 0. The Balaban J connectivity index is 1.80. The topological polar surface area (TPSA) is 97.3 Å². The SMILES string of the molecule is Cc1cc(C(C)N2Cc3c(ccnc3NC(=O)C(C)C)C2=O)nnc1OCC(C)(F)F. The maximum atomic E-state index is 13.0. The first-order valence-corrected chi connectivity index (χ1v) is 9.92. The largest absolute Gasteiger partial charge is 0.470 e. The Labute approximate surface area is 179 Å². The summed E-state index contributed by atoms with van der Waals surface area (Å²) < 4.78 is 31.1. The zero-order chi connectivity index (χ0) is 22.9. The van der Waals surface area contributed by atoms with Crippen molar-refractivity contribution < 1.29 is 23.1 Å². The number of amides is 2. The Morgan fingerprint density at radius 1 is 1.32 bits per heavy atom. The molecule has 10 heteroatoms. The number of carbonyl (C=O) groups excluding carboxylic acids is 2. The van der Waals surface area contributed by atoms with Crippen LogP contribution in [0.4, 0.5) is 14.6 Å². The Kier molecular flexibility index (Phi) is 6.19. The first-order valence-electron chi connectivity index (χ1n) is 9.92. The van der Waals surface area contributed by atoms with E-state index in [4.69, 9.17) is 4.74 Å². The van der Waals surface area contributed by atoms with Gasteiger partial charge in [-0.3, -0.25) is 9.59 Å². The van der Waals surface area contributed by atoms with Crippen LogP contribution in [-0.4, -0.2) is 44.4 Å². The van der Waals surface area contributed by atoms with Gasteiger partial charge in [-0.05, 0) is 26.0 Å². The quantitative estimate of drug-likeness (QED) is 0.718. The molecule has 1 aliphatic heterocycles. The number of alkyl halides is 2. The Morgan fingerprint density at radius 2 is 2.03 bits per heavy atom. The molecule has 1 N–H and O–H groups in total. The van der Waals surface area contributed by atoms with Crippen molar-refractivity contribution in [2.24, 2.45) is 5.92 Å². The molecule has 2 aromatic heterocycles. The Bertz CT molecular complexity index is 1010. The number of hydrogen-bond acceptors (Lipinski definition) is 6. The number of nitrogens with zero attached hydrogens (tertiary/aromatic N) is 4. The van der Waals surface area contributed by atoms with Crippen molar-refractivity contribution in [3.63, 3.8) is 0 Å². The first-order chi connectivity index (χ1) is 14.5. The number of fused-ring (bicyclic) bond motifs is 1. The van der Waals surface area contributed by atoms with E-state index >= 15 is 0 Å². The number of anilines is 1. The third-order valence-corrected chi connectivity index (χ3v) is 4.96. The van der Waals surface area contributed by atoms with Crippen LogP contribution in [0.25, 0.3) is 0 Å². The van der Waals surface area contributed by atoms with Crippen molar-refractivity contribution in [1.82, 2.24) is 20.1 Å². The van der Waals surface area contributed by atoms with Gasteiger partial charge in [0.1, 0.15) is 5.82 Å². The lowest BCUT2D eigenvalue weighted by atomic mass is 10.1. The molecule has 0 radical (unpaired) electrons. The molecule has 0 spiro atoms. The van der Waals surface area contributed by atoms with Crippen molar-refractivity contribution in [2.45, 2.75) is 53.1 Å². The van der Waals surface area contributed by atoms with Gasteiger partial charge in [-0.15, -0.1) is 10.2 Å². The highest BCUT2D eigenvalue weighted by molar-refractivity contribution is 6.01. The lowest BCUT2D eigenvalue weighted by molar-refractivity contribution is -0.118. The van der Waals surface area contributed by atoms with Crippen LogP contribution in [0.5, 0.6) is 5.88 Å². The van der Waals surface area contributed by atoms with Crippen LogP contribution in [0, 0.1) is 12.8 Å². The normalized spacial score (nSPS) is 14.6. The van der Waals surface area contributed by atoms with Gasteiger partial charge in [-0.2, -0.15) is 0 Å². The van der Waals surface area contributed by atoms with E-state index < -0.39 is 18.6 Å². The number of rotatable bonds is 7. The second-order valence-corrected chi connectivity index (χ2v) is 8.05. The molecule has 1 aliphatic rings. The average Bonchev–Trinajstić information content (AvgIpc) is 3.03. The molecule has 2 aromatic rings. The minimum Gasteiger partial charge on any atom is -0.470 e. The fraction of sp³-hybridized carbons (Fsp3) is 0.476. The van der Waals surface area contributed by atoms with Crippen molar-refractivity contribution in [3.8, 4) is 5.88 Å². The van der Waals surface area contributed by atoms with E-state index in [1.807, 2.05) is 0 Å². The molecule has 3 rings (SSSR count). The molecule has 1 unspecified atom stereocenters. The fourth-order valence-corrected chi connectivity index (χ4v) is 3.13. The third kappa shape index (κ3) is 4.95. The van der Waals surface area contributed by atoms with Crippen molar-refractivity contribution in [2.75, 3.05) is 11.9 Å². The van der Waals surface area contributed by atoms with Gasteiger partial charge in [0, 0.05) is 35.7 Å². The highest BCUT2D eigenvalue weighted by Gasteiger charge is 2.35. The number of aryl methyl sites for hydroxylation is 1. The number of halogens is 2. The van der Waals surface area contributed by atoms with Crippen LogP contribution in [0.1, 0.15) is 60.9 Å². The molecule has 3 heterocycles. The van der Waals surface area contributed by atoms with E-state index in [2.05, 4.69) is 20.5 Å². The van der Waals surface area contributed by atoms with Crippen molar-refractivity contribution in [3.05, 3.63) is 40.7 Å². The van der Waals surface area contributed by atoms with Crippen LogP contribution in [0.3, 0.4) is 0 Å². The molecular weight excluding hydrogens is 408 g/mol. The summed E-state index contributed by atoms with van der Waals surface area (Å²) in [6, 6.07) is 2.84. The Hall–Kier alpha value is -3.17. The second-order valence-electron chi connectivity index (χ2n) is 8.05. The maximum Gasteiger partial charge on any atom is 0.278 e. The van der Waals surface area contributed by atoms with Crippen molar-refractivity contribution >= 4 is 17.6 Å². The summed E-state index contributed by atoms with van der Waals surface area (Å²) in [4.78, 5) is 30.9. The fourth-order valence-electron chi connectivity index (χ4n) is 3.13. The van der Waals surface area contributed by atoms with Gasteiger partial charge in [0.2, 0.25) is 11.8 Å². The van der Waals surface area contributed by atoms with Gasteiger partial charge in [-0.25, -0.2) is 13.8 Å². The van der Waals surface area contributed by atoms with E-state index in [0.717, 1.165) is 6.92 Å². The lowest BCUT2D eigenvalue weighted by Gasteiger charge is -2.24. The Morgan fingerprint density at radius 3 is 2.65 bits per heavy atom. The minimum absolute atomic E-state index is 0.0244. The predicted octanol–water partition coefficient (Wildman–Crippen LogP) is 3.53. The van der Waals surface area contributed by atoms with E-state index in [0.29, 0.717) is 28.2 Å². The van der Waals surface area contributed by atoms with Gasteiger partial charge in [-0.1, -0.05) is 13.8 Å². The van der Waals surface area contributed by atoms with Gasteiger partial charge < -0.3 is 15.0 Å². The van der Waals surface area contributed by atoms with Crippen LogP contribution in [0.2, 0.25) is 0 Å². The standard InChI is InChI=1S/C21H25F2N5O3/c1-11(2)18(29)25-17-15-9-28(20(30)14(15)6-7-24-17)13(4)16-8-12(3)19(27-26-16)31-10-21(5,22)23/h6-8,11,13H,9-10H2,1-5H3,(H,24,25,29). The van der Waals surface area contributed by atoms with Gasteiger partial charge in [0.05, 0.1) is 18.3 Å². The molecule has 0 saturated carbocycles. The molecule has 1 atom stereocenters. The van der Waals surface area contributed by atoms with Crippen LogP contribution in [-0.2, 0) is 11.3 Å². The number of pyridine rings is 1. The van der Waals surface area contributed by atoms with Crippen LogP contribution in [0.15, 0.2) is 18.3 Å². The average molecular weight is 433 g/mol. The number of ether oxygens (including phenoxy) is 1. The summed E-state index contributed by atoms with van der Waals surface area (Å²) in [5.74, 6) is -3.21. The third-order valence-electron chi connectivity index (χ3n) is 4.96. The first kappa shape index (κ1) is 22.5. The molecule has 0 bridgehead atoms. The summed E-state index contributed by atoms with van der Waals surface area (Å²) in [5, 5.41) is 10.8. The molecular formula is C21H25F2N5O3. The second kappa shape index (κ2) is 8.52. The van der Waals surface area contributed by atoms with E-state index in [9.17, 15) is 18.4 Å². The molecule has 31 heavy (non-hydrogen) atoms. The highest BCUT2D eigenvalue weighted by atomic mass is 19.3. The van der Waals surface area contributed by atoms with Gasteiger partial charge in [0.15, 0.2) is 6.61 Å². The summed E-state index contributed by atoms with van der Waals surface area (Å²) in [5.41, 5.74) is 2.14. The molecule has 8 nitrogen and oxygen atoms in total. The molecule has 0 fully saturated rings. The van der Waals surface area contributed by atoms with Crippen LogP contribution >= 0.6 is 0 Å². The molecule has 0 aromatic carbocycles. The number of nitrogens with one attached hydrogen (secondary N) is 1. The van der Waals surface area contributed by atoms with Gasteiger partial charge in [0.25, 0.3) is 11.8 Å². The van der Waals surface area contributed by atoms with Crippen molar-refractivity contribution in [1.29, 1.82) is 0 Å². The van der Waals surface area contributed by atoms with E-state index in [-0.39, 0.29) is 30.2 Å². The minimum atomic E-state index is -2.98. The number of aromatic nitrogens is 3. The lowest BCUT2D eigenvalue weighted by Crippen LogP contribution is -2.28. The van der Waals surface area contributed by atoms with E-state index in [1.54, 1.807) is 44.7 Å². The molecule has 166 valence electrons. The summed E-state index contributed by atoms with van der Waals surface area (Å²) in [6.07, 6.45) is 1.49. The maximum absolute atomic E-state index is 13.0. The highest BCUT2D eigenvalue weighted by Crippen LogP contribution is 2.34. The molecule has 2 amide bonds. The van der Waals surface area contributed by atoms with Gasteiger partial charge >= 0.3 is 0 Å². The van der Waals surface area contributed by atoms with E-state index in [1.165, 1.54) is 6.20 Å². The summed E-state index contributed by atoms with van der Waals surface area (Å²) in [6.45, 7) is 7.23. The molecule has 0 saturated heterocycles. The summed E-state index contributed by atoms with van der Waals surface area (Å²) >= 11 is 0. The zero-order valence-corrected chi connectivity index (χ0v) is 18.1. The molecule has 0 aliphatic carbocycles. The number of carbonyl (C=O) groups is 2.